The first-order valence-electron chi connectivity index (χ1n) is 8.24. The zero-order valence-electron chi connectivity index (χ0n) is 14.0. The number of aliphatic carboxylic acids is 1. The standard InChI is InChI=1S/C18H16ClN3O3S/c1-10-13-9-15(16(23)21-7-3-6-14(21)18(24)25)26-17(13)22(20-10)12-5-2-4-11(19)8-12/h2,4-5,8-9,14H,3,6-7H2,1H3,(H,24,25). The van der Waals surface area contributed by atoms with Crippen molar-refractivity contribution in [1.82, 2.24) is 14.7 Å². The molecule has 3 aromatic rings. The Hall–Kier alpha value is -2.38. The van der Waals surface area contributed by atoms with E-state index in [1.165, 1.54) is 16.2 Å². The molecule has 1 amide bonds. The van der Waals surface area contributed by atoms with Gasteiger partial charge in [0.1, 0.15) is 10.9 Å². The van der Waals surface area contributed by atoms with E-state index in [1.54, 1.807) is 10.7 Å². The van der Waals surface area contributed by atoms with Crippen LogP contribution in [0.5, 0.6) is 0 Å². The number of aromatic nitrogens is 2. The fraction of sp³-hybridized carbons (Fsp3) is 0.278. The summed E-state index contributed by atoms with van der Waals surface area (Å²) in [4.78, 5) is 27.1. The number of hydrogen-bond acceptors (Lipinski definition) is 4. The van der Waals surface area contributed by atoms with E-state index >= 15 is 0 Å². The third kappa shape index (κ3) is 2.77. The number of benzene rings is 1. The Morgan fingerprint density at radius 3 is 2.88 bits per heavy atom. The van der Waals surface area contributed by atoms with E-state index in [4.69, 9.17) is 11.6 Å². The van der Waals surface area contributed by atoms with Crippen LogP contribution >= 0.6 is 22.9 Å². The number of likely N-dealkylation sites (tertiary alicyclic amines) is 1. The molecule has 2 aromatic heterocycles. The Bertz CT molecular complexity index is 1030. The molecule has 1 aliphatic rings. The Labute approximate surface area is 158 Å². The van der Waals surface area contributed by atoms with Crippen LogP contribution < -0.4 is 0 Å². The molecule has 26 heavy (non-hydrogen) atoms. The molecule has 4 rings (SSSR count). The molecule has 1 aliphatic heterocycles. The van der Waals surface area contributed by atoms with Gasteiger partial charge in [0.25, 0.3) is 5.91 Å². The molecule has 0 radical (unpaired) electrons. The third-order valence-corrected chi connectivity index (χ3v) is 5.94. The van der Waals surface area contributed by atoms with Crippen molar-refractivity contribution in [3.63, 3.8) is 0 Å². The molecule has 3 heterocycles. The lowest BCUT2D eigenvalue weighted by Crippen LogP contribution is -2.40. The second-order valence-electron chi connectivity index (χ2n) is 6.30. The summed E-state index contributed by atoms with van der Waals surface area (Å²) in [5.41, 5.74) is 1.63. The summed E-state index contributed by atoms with van der Waals surface area (Å²) in [5, 5.41) is 15.4. The molecule has 1 saturated heterocycles. The number of aryl methyl sites for hydroxylation is 1. The minimum Gasteiger partial charge on any atom is -0.480 e. The van der Waals surface area contributed by atoms with E-state index in [0.717, 1.165) is 21.6 Å². The average Bonchev–Trinajstić information content (AvgIpc) is 3.30. The van der Waals surface area contributed by atoms with Crippen molar-refractivity contribution in [2.24, 2.45) is 0 Å². The van der Waals surface area contributed by atoms with Crippen LogP contribution in [0.3, 0.4) is 0 Å². The van der Waals surface area contributed by atoms with Gasteiger partial charge >= 0.3 is 5.97 Å². The summed E-state index contributed by atoms with van der Waals surface area (Å²) < 4.78 is 1.77. The lowest BCUT2D eigenvalue weighted by atomic mass is 10.2. The second kappa shape index (κ2) is 6.41. The van der Waals surface area contributed by atoms with E-state index < -0.39 is 12.0 Å². The predicted octanol–water partition coefficient (Wildman–Crippen LogP) is 3.74. The van der Waals surface area contributed by atoms with Gasteiger partial charge in [-0.2, -0.15) is 5.10 Å². The molecule has 1 unspecified atom stereocenters. The van der Waals surface area contributed by atoms with E-state index in [0.29, 0.717) is 29.3 Å². The van der Waals surface area contributed by atoms with Crippen molar-refractivity contribution in [2.75, 3.05) is 6.54 Å². The Morgan fingerprint density at radius 1 is 1.35 bits per heavy atom. The Balaban J connectivity index is 1.76. The smallest absolute Gasteiger partial charge is 0.326 e. The molecule has 0 bridgehead atoms. The van der Waals surface area contributed by atoms with E-state index in [2.05, 4.69) is 5.10 Å². The fourth-order valence-corrected chi connectivity index (χ4v) is 4.67. The lowest BCUT2D eigenvalue weighted by Gasteiger charge is -2.20. The molecule has 0 spiro atoms. The summed E-state index contributed by atoms with van der Waals surface area (Å²) in [7, 11) is 0. The van der Waals surface area contributed by atoms with Crippen molar-refractivity contribution in [3.05, 3.63) is 45.9 Å². The first-order valence-corrected chi connectivity index (χ1v) is 9.44. The largest absolute Gasteiger partial charge is 0.480 e. The second-order valence-corrected chi connectivity index (χ2v) is 7.77. The SMILES string of the molecule is Cc1nn(-c2cccc(Cl)c2)c2sc(C(=O)N3CCCC3C(=O)O)cc12. The number of carbonyl (C=O) groups is 2. The number of fused-ring (bicyclic) bond motifs is 1. The molecule has 1 N–H and O–H groups in total. The summed E-state index contributed by atoms with van der Waals surface area (Å²) in [5.74, 6) is -1.17. The van der Waals surface area contributed by atoms with Gasteiger partial charge in [-0.05, 0) is 44.0 Å². The molecule has 6 nitrogen and oxygen atoms in total. The maximum Gasteiger partial charge on any atom is 0.326 e. The van der Waals surface area contributed by atoms with Gasteiger partial charge in [0.15, 0.2) is 0 Å². The molecule has 8 heteroatoms. The first kappa shape index (κ1) is 17.1. The highest BCUT2D eigenvalue weighted by Crippen LogP contribution is 2.33. The van der Waals surface area contributed by atoms with Crippen LogP contribution in [-0.4, -0.2) is 44.3 Å². The van der Waals surface area contributed by atoms with Crippen molar-refractivity contribution >= 4 is 45.0 Å². The number of thiophene rings is 1. The van der Waals surface area contributed by atoms with Gasteiger partial charge in [0.05, 0.1) is 16.3 Å². The van der Waals surface area contributed by atoms with Crippen LogP contribution in [0.4, 0.5) is 0 Å². The maximum atomic E-state index is 12.9. The number of carboxylic acids is 1. The molecular weight excluding hydrogens is 374 g/mol. The molecule has 134 valence electrons. The summed E-state index contributed by atoms with van der Waals surface area (Å²) in [6.07, 6.45) is 1.21. The van der Waals surface area contributed by atoms with Gasteiger partial charge in [-0.1, -0.05) is 17.7 Å². The number of carboxylic acid groups (broad SMARTS) is 1. The normalized spacial score (nSPS) is 17.2. The van der Waals surface area contributed by atoms with Crippen LogP contribution in [0.25, 0.3) is 15.9 Å². The van der Waals surface area contributed by atoms with Gasteiger partial charge in [0.2, 0.25) is 0 Å². The highest BCUT2D eigenvalue weighted by atomic mass is 35.5. The van der Waals surface area contributed by atoms with Gasteiger partial charge in [0, 0.05) is 17.0 Å². The van der Waals surface area contributed by atoms with Gasteiger partial charge in [-0.25, -0.2) is 9.48 Å². The molecule has 0 saturated carbocycles. The van der Waals surface area contributed by atoms with Crippen molar-refractivity contribution in [1.29, 1.82) is 0 Å². The summed E-state index contributed by atoms with van der Waals surface area (Å²) in [6, 6.07) is 8.43. The molecule has 0 aliphatic carbocycles. The van der Waals surface area contributed by atoms with Crippen LogP contribution in [0.15, 0.2) is 30.3 Å². The van der Waals surface area contributed by atoms with Crippen LogP contribution in [0.2, 0.25) is 5.02 Å². The topological polar surface area (TPSA) is 75.4 Å². The van der Waals surface area contributed by atoms with Crippen molar-refractivity contribution < 1.29 is 14.7 Å². The molecule has 1 aromatic carbocycles. The number of carbonyl (C=O) groups excluding carboxylic acids is 1. The zero-order valence-corrected chi connectivity index (χ0v) is 15.5. The average molecular weight is 390 g/mol. The highest BCUT2D eigenvalue weighted by molar-refractivity contribution is 7.20. The van der Waals surface area contributed by atoms with Crippen LogP contribution in [-0.2, 0) is 4.79 Å². The molecular formula is C18H16ClN3O3S. The number of rotatable bonds is 3. The quantitative estimate of drug-likeness (QED) is 0.740. The number of amides is 1. The van der Waals surface area contributed by atoms with Gasteiger partial charge in [-0.3, -0.25) is 4.79 Å². The number of halogens is 1. The van der Waals surface area contributed by atoms with E-state index in [1.807, 2.05) is 31.2 Å². The number of nitrogens with zero attached hydrogens (tertiary/aromatic N) is 3. The predicted molar refractivity (Wildman–Crippen MR) is 100 cm³/mol. The Kier molecular flexibility index (Phi) is 4.20. The Morgan fingerprint density at radius 2 is 2.15 bits per heavy atom. The van der Waals surface area contributed by atoms with Crippen LogP contribution in [0.1, 0.15) is 28.2 Å². The molecule has 1 fully saturated rings. The highest BCUT2D eigenvalue weighted by Gasteiger charge is 2.35. The lowest BCUT2D eigenvalue weighted by molar-refractivity contribution is -0.141. The minimum absolute atomic E-state index is 0.229. The van der Waals surface area contributed by atoms with Crippen LogP contribution in [0, 0.1) is 6.92 Å². The maximum absolute atomic E-state index is 12.9. The monoisotopic (exact) mass is 389 g/mol. The zero-order chi connectivity index (χ0) is 18.4. The van der Waals surface area contributed by atoms with E-state index in [9.17, 15) is 14.7 Å². The van der Waals surface area contributed by atoms with Crippen molar-refractivity contribution in [3.8, 4) is 5.69 Å². The molecule has 1 atom stereocenters. The number of hydrogen-bond donors (Lipinski definition) is 1. The summed E-state index contributed by atoms with van der Waals surface area (Å²) >= 11 is 7.41. The van der Waals surface area contributed by atoms with Gasteiger partial charge in [-0.15, -0.1) is 11.3 Å². The minimum atomic E-state index is -0.946. The fourth-order valence-electron chi connectivity index (χ4n) is 3.34. The van der Waals surface area contributed by atoms with E-state index in [-0.39, 0.29) is 5.91 Å². The van der Waals surface area contributed by atoms with Gasteiger partial charge < -0.3 is 10.0 Å². The summed E-state index contributed by atoms with van der Waals surface area (Å²) in [6.45, 7) is 2.36. The third-order valence-electron chi connectivity index (χ3n) is 4.61. The first-order chi connectivity index (χ1) is 12.5. The van der Waals surface area contributed by atoms with Crippen molar-refractivity contribution in [2.45, 2.75) is 25.8 Å².